The summed E-state index contributed by atoms with van der Waals surface area (Å²) >= 11 is 1.39. The summed E-state index contributed by atoms with van der Waals surface area (Å²) in [7, 11) is 0. The van der Waals surface area contributed by atoms with Gasteiger partial charge in [0.1, 0.15) is 5.25 Å². The van der Waals surface area contributed by atoms with Gasteiger partial charge in [-0.25, -0.2) is 0 Å². The predicted molar refractivity (Wildman–Crippen MR) is 135 cm³/mol. The van der Waals surface area contributed by atoms with Crippen LogP contribution in [0.15, 0.2) is 29.3 Å². The molecule has 3 amide bonds. The second-order valence-electron chi connectivity index (χ2n) is 8.75. The summed E-state index contributed by atoms with van der Waals surface area (Å²) in [5, 5.41) is 3.13. The summed E-state index contributed by atoms with van der Waals surface area (Å²) in [6, 6.07) is 7.05. The smallest absolute Gasteiger partial charge is 0.262 e. The van der Waals surface area contributed by atoms with Gasteiger partial charge in [-0.3, -0.25) is 14.4 Å². The van der Waals surface area contributed by atoms with E-state index in [1.807, 2.05) is 11.8 Å². The van der Waals surface area contributed by atoms with Crippen LogP contribution in [0.1, 0.15) is 69.7 Å². The minimum Gasteiger partial charge on any atom is -0.351 e. The quantitative estimate of drug-likeness (QED) is 0.576. The Bertz CT molecular complexity index is 878. The van der Waals surface area contributed by atoms with E-state index in [-0.39, 0.29) is 24.1 Å². The van der Waals surface area contributed by atoms with Crippen molar-refractivity contribution in [1.29, 1.82) is 0 Å². The number of likely N-dealkylation sites (tertiary alicyclic amines) is 1. The molecule has 2 heterocycles. The first-order valence-corrected chi connectivity index (χ1v) is 13.1. The van der Waals surface area contributed by atoms with Crippen molar-refractivity contribution >= 4 is 40.3 Å². The van der Waals surface area contributed by atoms with Crippen molar-refractivity contribution in [2.45, 2.75) is 64.5 Å². The Morgan fingerprint density at radius 1 is 1.18 bits per heavy atom. The monoisotopic (exact) mass is 472 g/mol. The van der Waals surface area contributed by atoms with Crippen LogP contribution in [0, 0.1) is 5.92 Å². The van der Waals surface area contributed by atoms with E-state index in [1.54, 1.807) is 24.3 Å². The molecule has 1 aromatic rings. The lowest BCUT2D eigenvalue weighted by molar-refractivity contribution is -0.121. The predicted octanol–water partition coefficient (Wildman–Crippen LogP) is 4.40. The Kier molecular flexibility index (Phi) is 9.35. The Hall–Kier alpha value is -2.35. The van der Waals surface area contributed by atoms with Crippen LogP contribution in [0.4, 0.5) is 5.69 Å². The molecule has 0 radical (unpaired) electrons. The van der Waals surface area contributed by atoms with Gasteiger partial charge in [-0.05, 0) is 50.3 Å². The van der Waals surface area contributed by atoms with Crippen molar-refractivity contribution in [2.75, 3.05) is 31.5 Å². The Balaban J connectivity index is 1.57. The van der Waals surface area contributed by atoms with E-state index in [9.17, 15) is 14.4 Å². The topological polar surface area (TPSA) is 82.1 Å². The number of nitrogens with zero attached hydrogens (tertiary/aromatic N) is 3. The van der Waals surface area contributed by atoms with Gasteiger partial charge in [0.15, 0.2) is 5.17 Å². The van der Waals surface area contributed by atoms with E-state index in [0.29, 0.717) is 23.7 Å². The largest absolute Gasteiger partial charge is 0.351 e. The summed E-state index contributed by atoms with van der Waals surface area (Å²) in [6.07, 6.45) is 5.58. The fourth-order valence-electron chi connectivity index (χ4n) is 4.24. The SMILES string of the molecule is CCC(CC)CN(CC)C(=O)c1cccc(NC(=O)C[C@H]2SC(N3CCCCC3)=NC2=O)c1. The first kappa shape index (κ1) is 25.3. The maximum Gasteiger partial charge on any atom is 0.262 e. The first-order chi connectivity index (χ1) is 15.9. The minimum absolute atomic E-state index is 0.0263. The van der Waals surface area contributed by atoms with Gasteiger partial charge < -0.3 is 15.1 Å². The van der Waals surface area contributed by atoms with Gasteiger partial charge >= 0.3 is 0 Å². The van der Waals surface area contributed by atoms with Crippen LogP contribution < -0.4 is 5.32 Å². The molecule has 0 spiro atoms. The highest BCUT2D eigenvalue weighted by atomic mass is 32.2. The standard InChI is InChI=1S/C25H36N4O3S/c1-4-18(5-2)17-28(6-3)24(32)19-11-10-12-20(15-19)26-22(30)16-21-23(31)27-25(33-21)29-13-8-7-9-14-29/h10-12,15,18,21H,4-9,13-14,16-17H2,1-3H3,(H,26,30)/t21-/m1/s1. The molecule has 0 aliphatic carbocycles. The first-order valence-electron chi connectivity index (χ1n) is 12.2. The number of benzene rings is 1. The van der Waals surface area contributed by atoms with Gasteiger partial charge in [-0.2, -0.15) is 4.99 Å². The van der Waals surface area contributed by atoms with Crippen LogP contribution in [0.25, 0.3) is 0 Å². The lowest BCUT2D eigenvalue weighted by atomic mass is 10.0. The van der Waals surface area contributed by atoms with E-state index in [4.69, 9.17) is 0 Å². The lowest BCUT2D eigenvalue weighted by Crippen LogP contribution is -2.35. The third kappa shape index (κ3) is 6.82. The second-order valence-corrected chi connectivity index (χ2v) is 9.92. The molecule has 7 nitrogen and oxygen atoms in total. The number of nitrogens with one attached hydrogen (secondary N) is 1. The molecule has 1 aromatic carbocycles. The number of thioether (sulfide) groups is 1. The van der Waals surface area contributed by atoms with E-state index in [2.05, 4.69) is 29.1 Å². The number of carbonyl (C=O) groups excluding carboxylic acids is 3. The molecule has 180 valence electrons. The molecule has 1 N–H and O–H groups in total. The number of amidine groups is 1. The summed E-state index contributed by atoms with van der Waals surface area (Å²) < 4.78 is 0. The molecule has 1 fully saturated rings. The van der Waals surface area contributed by atoms with Crippen molar-refractivity contribution in [3.05, 3.63) is 29.8 Å². The molecule has 8 heteroatoms. The fourth-order valence-corrected chi connectivity index (χ4v) is 5.35. The summed E-state index contributed by atoms with van der Waals surface area (Å²) in [5.41, 5.74) is 1.12. The van der Waals surface area contributed by atoms with Crippen LogP contribution in [-0.2, 0) is 9.59 Å². The Morgan fingerprint density at radius 3 is 2.58 bits per heavy atom. The molecule has 0 saturated carbocycles. The average molecular weight is 473 g/mol. The number of aliphatic imine (C=N–C) groups is 1. The molecular weight excluding hydrogens is 436 g/mol. The molecule has 2 aliphatic heterocycles. The van der Waals surface area contributed by atoms with Crippen molar-refractivity contribution in [2.24, 2.45) is 10.9 Å². The molecule has 1 atom stereocenters. The summed E-state index contributed by atoms with van der Waals surface area (Å²) in [5.74, 6) is -0.0264. The van der Waals surface area contributed by atoms with Crippen LogP contribution in [0.5, 0.6) is 0 Å². The number of amides is 3. The highest BCUT2D eigenvalue weighted by Gasteiger charge is 2.33. The number of rotatable bonds is 9. The normalized spacial score (nSPS) is 18.4. The second kappa shape index (κ2) is 12.2. The molecule has 33 heavy (non-hydrogen) atoms. The third-order valence-electron chi connectivity index (χ3n) is 6.42. The molecule has 2 aliphatic rings. The average Bonchev–Trinajstić information content (AvgIpc) is 3.20. The fraction of sp³-hybridized carbons (Fsp3) is 0.600. The van der Waals surface area contributed by atoms with E-state index < -0.39 is 5.25 Å². The Morgan fingerprint density at radius 2 is 1.91 bits per heavy atom. The van der Waals surface area contributed by atoms with E-state index >= 15 is 0 Å². The van der Waals surface area contributed by atoms with Gasteiger partial charge in [0.05, 0.1) is 0 Å². The van der Waals surface area contributed by atoms with Crippen molar-refractivity contribution < 1.29 is 14.4 Å². The van der Waals surface area contributed by atoms with Crippen molar-refractivity contribution in [3.8, 4) is 0 Å². The zero-order valence-electron chi connectivity index (χ0n) is 20.0. The van der Waals surface area contributed by atoms with Crippen LogP contribution in [0.2, 0.25) is 0 Å². The number of hydrogen-bond acceptors (Lipinski definition) is 5. The summed E-state index contributed by atoms with van der Waals surface area (Å²) in [6.45, 7) is 9.51. The van der Waals surface area contributed by atoms with Gasteiger partial charge in [0.2, 0.25) is 5.91 Å². The van der Waals surface area contributed by atoms with Crippen molar-refractivity contribution in [3.63, 3.8) is 0 Å². The molecular formula is C25H36N4O3S. The van der Waals surface area contributed by atoms with Gasteiger partial charge in [0.25, 0.3) is 11.8 Å². The molecule has 3 rings (SSSR count). The number of anilines is 1. The van der Waals surface area contributed by atoms with Gasteiger partial charge in [-0.1, -0.05) is 44.5 Å². The Labute approximate surface area is 201 Å². The zero-order valence-corrected chi connectivity index (χ0v) is 20.8. The molecule has 0 bridgehead atoms. The molecule has 1 saturated heterocycles. The van der Waals surface area contributed by atoms with Gasteiger partial charge in [0, 0.05) is 43.9 Å². The molecule has 0 unspecified atom stereocenters. The number of hydrogen-bond donors (Lipinski definition) is 1. The van der Waals surface area contributed by atoms with Gasteiger partial charge in [-0.15, -0.1) is 0 Å². The number of piperidine rings is 1. The highest BCUT2D eigenvalue weighted by Crippen LogP contribution is 2.29. The summed E-state index contributed by atoms with van der Waals surface area (Å²) in [4.78, 5) is 46.2. The highest BCUT2D eigenvalue weighted by molar-refractivity contribution is 8.15. The van der Waals surface area contributed by atoms with Crippen LogP contribution >= 0.6 is 11.8 Å². The minimum atomic E-state index is -0.484. The van der Waals surface area contributed by atoms with E-state index in [1.165, 1.54) is 18.2 Å². The van der Waals surface area contributed by atoms with Crippen LogP contribution in [-0.4, -0.2) is 64.1 Å². The van der Waals surface area contributed by atoms with Crippen molar-refractivity contribution in [1.82, 2.24) is 9.80 Å². The zero-order chi connectivity index (χ0) is 23.8. The molecule has 0 aromatic heterocycles. The third-order valence-corrected chi connectivity index (χ3v) is 7.63. The van der Waals surface area contributed by atoms with E-state index in [0.717, 1.165) is 50.5 Å². The maximum absolute atomic E-state index is 13.0. The number of carbonyl (C=O) groups is 3. The van der Waals surface area contributed by atoms with Crippen LogP contribution in [0.3, 0.4) is 0 Å². The lowest BCUT2D eigenvalue weighted by Gasteiger charge is -2.27. The maximum atomic E-state index is 13.0.